The Morgan fingerprint density at radius 3 is 2.35 bits per heavy atom. The van der Waals surface area contributed by atoms with Crippen molar-refractivity contribution in [2.75, 3.05) is 0 Å². The lowest BCUT2D eigenvalue weighted by atomic mass is 9.87. The van der Waals surface area contributed by atoms with Gasteiger partial charge in [-0.15, -0.1) is 0 Å². The second kappa shape index (κ2) is 6.86. The van der Waals surface area contributed by atoms with Gasteiger partial charge in [-0.05, 0) is 44.9 Å². The van der Waals surface area contributed by atoms with Gasteiger partial charge in [0.1, 0.15) is 5.75 Å². The monoisotopic (exact) mass is 311 g/mol. The molecule has 0 spiro atoms. The van der Waals surface area contributed by atoms with E-state index in [1.165, 1.54) is 0 Å². The minimum Gasteiger partial charge on any atom is -0.508 e. The van der Waals surface area contributed by atoms with E-state index in [4.69, 9.17) is 0 Å². The molecule has 3 heteroatoms. The normalized spacial score (nSPS) is 12.7. The molecule has 0 saturated heterocycles. The summed E-state index contributed by atoms with van der Waals surface area (Å²) in [6, 6.07) is 15.5. The number of nitrogens with one attached hydrogen (secondary N) is 1. The predicted octanol–water partition coefficient (Wildman–Crippen LogP) is 4.14. The van der Waals surface area contributed by atoms with Gasteiger partial charge < -0.3 is 10.4 Å². The van der Waals surface area contributed by atoms with Crippen molar-refractivity contribution < 1.29 is 9.90 Å². The van der Waals surface area contributed by atoms with Crippen molar-refractivity contribution in [1.82, 2.24) is 5.32 Å². The van der Waals surface area contributed by atoms with Gasteiger partial charge in [0, 0.05) is 23.4 Å². The molecule has 2 aromatic carbocycles. The number of carbonyl (C=O) groups is 1. The molecule has 0 aliphatic heterocycles. The Hall–Kier alpha value is -2.29. The molecule has 0 aliphatic rings. The van der Waals surface area contributed by atoms with Crippen LogP contribution in [0.4, 0.5) is 0 Å². The third-order valence-electron chi connectivity index (χ3n) is 3.67. The van der Waals surface area contributed by atoms with Gasteiger partial charge in [-0.25, -0.2) is 0 Å². The van der Waals surface area contributed by atoms with Crippen LogP contribution in [-0.2, 0) is 4.79 Å². The molecule has 0 saturated carbocycles. The molecular formula is C20H25NO2. The summed E-state index contributed by atoms with van der Waals surface area (Å²) in [5.41, 5.74) is 2.53. The van der Waals surface area contributed by atoms with Crippen molar-refractivity contribution >= 4 is 5.91 Å². The highest BCUT2D eigenvalue weighted by atomic mass is 16.3. The van der Waals surface area contributed by atoms with Crippen molar-refractivity contribution in [2.45, 2.75) is 45.6 Å². The number of hydrogen-bond acceptors (Lipinski definition) is 2. The summed E-state index contributed by atoms with van der Waals surface area (Å²) in [4.78, 5) is 12.4. The number of aryl methyl sites for hydroxylation is 1. The number of phenolic OH excluding ortho intramolecular Hbond substituents is 1. The van der Waals surface area contributed by atoms with Crippen molar-refractivity contribution in [3.05, 3.63) is 65.2 Å². The minimum atomic E-state index is -0.270. The molecule has 1 amide bonds. The fraction of sp³-hybridized carbons (Fsp3) is 0.350. The lowest BCUT2D eigenvalue weighted by molar-refractivity contribution is -0.122. The minimum absolute atomic E-state index is 0.0219. The van der Waals surface area contributed by atoms with E-state index < -0.39 is 0 Å². The van der Waals surface area contributed by atoms with E-state index in [1.807, 2.05) is 70.2 Å². The summed E-state index contributed by atoms with van der Waals surface area (Å²) >= 11 is 0. The van der Waals surface area contributed by atoms with E-state index in [9.17, 15) is 9.90 Å². The fourth-order valence-corrected chi connectivity index (χ4v) is 2.70. The Kier molecular flexibility index (Phi) is 5.09. The predicted molar refractivity (Wildman–Crippen MR) is 93.6 cm³/mol. The van der Waals surface area contributed by atoms with Crippen LogP contribution in [0, 0.1) is 6.92 Å². The van der Waals surface area contributed by atoms with Gasteiger partial charge in [0.2, 0.25) is 5.91 Å². The third-order valence-corrected chi connectivity index (χ3v) is 3.67. The highest BCUT2D eigenvalue weighted by Gasteiger charge is 2.23. The lowest BCUT2D eigenvalue weighted by Crippen LogP contribution is -2.41. The van der Waals surface area contributed by atoms with Crippen LogP contribution < -0.4 is 5.32 Å². The molecule has 0 heterocycles. The molecule has 0 aromatic heterocycles. The molecule has 0 unspecified atom stereocenters. The highest BCUT2D eigenvalue weighted by molar-refractivity contribution is 5.78. The van der Waals surface area contributed by atoms with E-state index in [1.54, 1.807) is 6.07 Å². The second-order valence-corrected chi connectivity index (χ2v) is 7.03. The highest BCUT2D eigenvalue weighted by Crippen LogP contribution is 2.34. The molecule has 2 aromatic rings. The average Bonchev–Trinajstić information content (AvgIpc) is 2.44. The van der Waals surface area contributed by atoms with E-state index in [2.05, 4.69) is 5.32 Å². The first-order valence-electron chi connectivity index (χ1n) is 7.92. The number of benzene rings is 2. The number of hydrogen-bond donors (Lipinski definition) is 2. The quantitative estimate of drug-likeness (QED) is 0.891. The van der Waals surface area contributed by atoms with Crippen LogP contribution in [0.3, 0.4) is 0 Å². The summed E-state index contributed by atoms with van der Waals surface area (Å²) < 4.78 is 0. The summed E-state index contributed by atoms with van der Waals surface area (Å²) in [6.07, 6.45) is 0.303. The van der Waals surface area contributed by atoms with Crippen LogP contribution in [0.15, 0.2) is 48.5 Å². The third kappa shape index (κ3) is 4.85. The summed E-state index contributed by atoms with van der Waals surface area (Å²) in [5, 5.41) is 13.3. The SMILES string of the molecule is Cc1ccc([C@@H](CC(=O)NC(C)(C)C)c2ccccc2)c(O)c1. The largest absolute Gasteiger partial charge is 0.508 e. The first-order valence-corrected chi connectivity index (χ1v) is 7.92. The van der Waals surface area contributed by atoms with Gasteiger partial charge in [-0.1, -0.05) is 42.5 Å². The average molecular weight is 311 g/mol. The maximum absolute atomic E-state index is 12.4. The lowest BCUT2D eigenvalue weighted by Gasteiger charge is -2.24. The zero-order chi connectivity index (χ0) is 17.0. The first-order chi connectivity index (χ1) is 10.8. The number of rotatable bonds is 4. The Morgan fingerprint density at radius 2 is 1.78 bits per heavy atom. The van der Waals surface area contributed by atoms with E-state index in [-0.39, 0.29) is 23.1 Å². The zero-order valence-corrected chi connectivity index (χ0v) is 14.3. The second-order valence-electron chi connectivity index (χ2n) is 7.03. The van der Waals surface area contributed by atoms with Crippen LogP contribution in [0.5, 0.6) is 5.75 Å². The van der Waals surface area contributed by atoms with Crippen LogP contribution in [0.2, 0.25) is 0 Å². The van der Waals surface area contributed by atoms with Crippen molar-refractivity contribution in [3.8, 4) is 5.75 Å². The van der Waals surface area contributed by atoms with Crippen LogP contribution in [-0.4, -0.2) is 16.6 Å². The molecule has 0 radical (unpaired) electrons. The molecule has 2 rings (SSSR count). The summed E-state index contributed by atoms with van der Waals surface area (Å²) in [5.74, 6) is 0.0490. The van der Waals surface area contributed by atoms with Gasteiger partial charge in [0.25, 0.3) is 0 Å². The molecule has 3 nitrogen and oxygen atoms in total. The standard InChI is InChI=1S/C20H25NO2/c1-14-10-11-16(18(22)12-14)17(15-8-6-5-7-9-15)13-19(23)21-20(2,3)4/h5-12,17,22H,13H2,1-4H3,(H,21,23)/t17-/m0/s1. The number of phenols is 1. The van der Waals surface area contributed by atoms with Crippen molar-refractivity contribution in [1.29, 1.82) is 0 Å². The fourth-order valence-electron chi connectivity index (χ4n) is 2.70. The van der Waals surface area contributed by atoms with Crippen LogP contribution >= 0.6 is 0 Å². The smallest absolute Gasteiger partial charge is 0.221 e. The van der Waals surface area contributed by atoms with E-state index in [0.717, 1.165) is 16.7 Å². The molecule has 0 bridgehead atoms. The summed E-state index contributed by atoms with van der Waals surface area (Å²) in [6.45, 7) is 7.83. The van der Waals surface area contributed by atoms with Gasteiger partial charge in [0.05, 0.1) is 0 Å². The summed E-state index contributed by atoms with van der Waals surface area (Å²) in [7, 11) is 0. The molecular weight excluding hydrogens is 286 g/mol. The van der Waals surface area contributed by atoms with Gasteiger partial charge >= 0.3 is 0 Å². The Bertz CT molecular complexity index is 672. The van der Waals surface area contributed by atoms with Crippen LogP contribution in [0.25, 0.3) is 0 Å². The topological polar surface area (TPSA) is 49.3 Å². The molecule has 23 heavy (non-hydrogen) atoms. The van der Waals surface area contributed by atoms with Crippen molar-refractivity contribution in [2.24, 2.45) is 0 Å². The number of aromatic hydroxyl groups is 1. The number of carbonyl (C=O) groups excluding carboxylic acids is 1. The first kappa shape index (κ1) is 17.1. The molecule has 0 aliphatic carbocycles. The molecule has 122 valence electrons. The van der Waals surface area contributed by atoms with E-state index >= 15 is 0 Å². The Balaban J connectivity index is 2.35. The number of amides is 1. The maximum Gasteiger partial charge on any atom is 0.221 e. The van der Waals surface area contributed by atoms with Gasteiger partial charge in [0.15, 0.2) is 0 Å². The van der Waals surface area contributed by atoms with Crippen LogP contribution in [0.1, 0.15) is 49.8 Å². The Morgan fingerprint density at radius 1 is 1.13 bits per heavy atom. The maximum atomic E-state index is 12.4. The molecule has 0 fully saturated rings. The van der Waals surface area contributed by atoms with Gasteiger partial charge in [-0.3, -0.25) is 4.79 Å². The van der Waals surface area contributed by atoms with Crippen molar-refractivity contribution in [3.63, 3.8) is 0 Å². The molecule has 2 N–H and O–H groups in total. The van der Waals surface area contributed by atoms with E-state index in [0.29, 0.717) is 6.42 Å². The molecule has 1 atom stereocenters. The Labute approximate surface area is 138 Å². The van der Waals surface area contributed by atoms with Gasteiger partial charge in [-0.2, -0.15) is 0 Å². The zero-order valence-electron chi connectivity index (χ0n) is 14.3.